The fourth-order valence-electron chi connectivity index (χ4n) is 3.99. The molecule has 0 aliphatic heterocycles. The molecular formula is C27H31Cl2N3O4S. The monoisotopic (exact) mass is 563 g/mol. The van der Waals surface area contributed by atoms with E-state index in [1.165, 1.54) is 18.0 Å². The van der Waals surface area contributed by atoms with Crippen LogP contribution in [-0.2, 0) is 26.2 Å². The maximum atomic E-state index is 13.6. The largest absolute Gasteiger partial charge is 0.354 e. The van der Waals surface area contributed by atoms with Crippen molar-refractivity contribution in [3.8, 4) is 0 Å². The smallest absolute Gasteiger partial charge is 0.243 e. The van der Waals surface area contributed by atoms with Gasteiger partial charge in [-0.1, -0.05) is 73.4 Å². The SMILES string of the molecule is CCCNC(=O)[C@H](CC)N(Cc1ccc(Cl)cc1Cl)C(=O)CN(C)S(=O)(=O)c1ccc2ccccc2c1. The Hall–Kier alpha value is -2.65. The van der Waals surface area contributed by atoms with Gasteiger partial charge < -0.3 is 10.2 Å². The second kappa shape index (κ2) is 12.7. The van der Waals surface area contributed by atoms with Gasteiger partial charge in [-0.15, -0.1) is 0 Å². The first-order valence-corrected chi connectivity index (χ1v) is 14.2. The maximum Gasteiger partial charge on any atom is 0.243 e. The van der Waals surface area contributed by atoms with E-state index >= 15 is 0 Å². The third kappa shape index (κ3) is 7.02. The highest BCUT2D eigenvalue weighted by atomic mass is 35.5. The van der Waals surface area contributed by atoms with E-state index in [0.717, 1.165) is 21.5 Å². The molecule has 0 unspecified atom stereocenters. The molecule has 0 heterocycles. The molecular weight excluding hydrogens is 533 g/mol. The van der Waals surface area contributed by atoms with Crippen LogP contribution in [0.3, 0.4) is 0 Å². The van der Waals surface area contributed by atoms with Crippen LogP contribution in [0.5, 0.6) is 0 Å². The molecule has 0 spiro atoms. The number of nitrogens with one attached hydrogen (secondary N) is 1. The third-order valence-corrected chi connectivity index (χ3v) is 8.46. The Balaban J connectivity index is 1.90. The van der Waals surface area contributed by atoms with Crippen molar-refractivity contribution >= 4 is 55.8 Å². The van der Waals surface area contributed by atoms with E-state index in [2.05, 4.69) is 5.32 Å². The Morgan fingerprint density at radius 3 is 2.32 bits per heavy atom. The molecule has 0 radical (unpaired) electrons. The van der Waals surface area contributed by atoms with Crippen molar-refractivity contribution in [2.75, 3.05) is 20.1 Å². The molecule has 0 aromatic heterocycles. The van der Waals surface area contributed by atoms with Crippen molar-refractivity contribution in [3.63, 3.8) is 0 Å². The van der Waals surface area contributed by atoms with Gasteiger partial charge in [0.1, 0.15) is 6.04 Å². The topological polar surface area (TPSA) is 86.8 Å². The number of likely N-dealkylation sites (N-methyl/N-ethyl adjacent to an activating group) is 1. The minimum atomic E-state index is -3.97. The first-order valence-electron chi connectivity index (χ1n) is 12.0. The zero-order valence-electron chi connectivity index (χ0n) is 21.1. The van der Waals surface area contributed by atoms with E-state index in [-0.39, 0.29) is 17.3 Å². The highest BCUT2D eigenvalue weighted by Crippen LogP contribution is 2.25. The van der Waals surface area contributed by atoms with Gasteiger partial charge >= 0.3 is 0 Å². The van der Waals surface area contributed by atoms with Gasteiger partial charge in [-0.25, -0.2) is 8.42 Å². The molecule has 1 N–H and O–H groups in total. The van der Waals surface area contributed by atoms with Crippen molar-refractivity contribution in [2.24, 2.45) is 0 Å². The lowest BCUT2D eigenvalue weighted by Crippen LogP contribution is -2.51. The Kier molecular flexibility index (Phi) is 9.95. The number of carbonyl (C=O) groups is 2. The van der Waals surface area contributed by atoms with E-state index in [9.17, 15) is 18.0 Å². The molecule has 0 aliphatic rings. The van der Waals surface area contributed by atoms with Crippen LogP contribution in [0.25, 0.3) is 10.8 Å². The Morgan fingerprint density at radius 1 is 0.973 bits per heavy atom. The summed E-state index contributed by atoms with van der Waals surface area (Å²) in [5, 5.41) is 5.32. The van der Waals surface area contributed by atoms with Crippen LogP contribution in [0.15, 0.2) is 65.6 Å². The molecule has 37 heavy (non-hydrogen) atoms. The van der Waals surface area contributed by atoms with Gasteiger partial charge in [-0.2, -0.15) is 4.31 Å². The molecule has 1 atom stereocenters. The first kappa shape index (κ1) is 28.9. The van der Waals surface area contributed by atoms with Crippen LogP contribution >= 0.6 is 23.2 Å². The lowest BCUT2D eigenvalue weighted by atomic mass is 10.1. The molecule has 2 amide bonds. The van der Waals surface area contributed by atoms with Gasteiger partial charge in [0.05, 0.1) is 11.4 Å². The van der Waals surface area contributed by atoms with Gasteiger partial charge in [0.2, 0.25) is 21.8 Å². The fourth-order valence-corrected chi connectivity index (χ4v) is 5.62. The van der Waals surface area contributed by atoms with Crippen LogP contribution in [0, 0.1) is 0 Å². The summed E-state index contributed by atoms with van der Waals surface area (Å²) < 4.78 is 27.7. The third-order valence-electron chi connectivity index (χ3n) is 6.08. The van der Waals surface area contributed by atoms with E-state index in [4.69, 9.17) is 23.2 Å². The molecule has 198 valence electrons. The summed E-state index contributed by atoms with van der Waals surface area (Å²) in [6, 6.07) is 16.4. The molecule has 10 heteroatoms. The van der Waals surface area contributed by atoms with E-state index < -0.39 is 28.5 Å². The predicted octanol–water partition coefficient (Wildman–Crippen LogP) is 5.10. The van der Waals surface area contributed by atoms with Crippen molar-refractivity contribution in [1.82, 2.24) is 14.5 Å². The van der Waals surface area contributed by atoms with Crippen LogP contribution in [0.4, 0.5) is 0 Å². The number of rotatable bonds is 11. The standard InChI is InChI=1S/C27H31Cl2N3O4S/c1-4-14-30-27(34)25(5-2)32(17-21-10-12-22(28)16-24(21)29)26(33)18-31(3)37(35,36)23-13-11-19-8-6-7-9-20(19)15-23/h6-13,15-16,25H,4-5,14,17-18H2,1-3H3,(H,30,34)/t25-/m0/s1. The Labute approximate surface area is 228 Å². The maximum absolute atomic E-state index is 13.6. The summed E-state index contributed by atoms with van der Waals surface area (Å²) >= 11 is 12.4. The number of halogens is 2. The Morgan fingerprint density at radius 2 is 1.68 bits per heavy atom. The van der Waals surface area contributed by atoms with Gasteiger partial charge in [-0.05, 0) is 53.4 Å². The van der Waals surface area contributed by atoms with Crippen LogP contribution < -0.4 is 5.32 Å². The number of sulfonamides is 1. The van der Waals surface area contributed by atoms with Crippen molar-refractivity contribution in [1.29, 1.82) is 0 Å². The lowest BCUT2D eigenvalue weighted by Gasteiger charge is -2.32. The molecule has 0 saturated heterocycles. The van der Waals surface area contributed by atoms with Crippen molar-refractivity contribution in [2.45, 2.75) is 44.2 Å². The number of carbonyl (C=O) groups excluding carboxylic acids is 2. The number of amides is 2. The Bertz CT molecular complexity index is 1380. The number of fused-ring (bicyclic) bond motifs is 1. The summed E-state index contributed by atoms with van der Waals surface area (Å²) in [7, 11) is -2.62. The summed E-state index contributed by atoms with van der Waals surface area (Å²) in [6.07, 6.45) is 1.08. The van der Waals surface area contributed by atoms with Crippen molar-refractivity contribution < 1.29 is 18.0 Å². The van der Waals surface area contributed by atoms with E-state index in [1.807, 2.05) is 31.2 Å². The van der Waals surface area contributed by atoms with Gasteiger partial charge in [0, 0.05) is 30.2 Å². The zero-order valence-corrected chi connectivity index (χ0v) is 23.4. The van der Waals surface area contributed by atoms with E-state index in [1.54, 1.807) is 37.3 Å². The number of nitrogens with zero attached hydrogens (tertiary/aromatic N) is 2. The molecule has 7 nitrogen and oxygen atoms in total. The number of hydrogen-bond donors (Lipinski definition) is 1. The summed E-state index contributed by atoms with van der Waals surface area (Å²) in [6.45, 7) is 3.78. The van der Waals surface area contributed by atoms with E-state index in [0.29, 0.717) is 28.6 Å². The fraction of sp³-hybridized carbons (Fsp3) is 0.333. The average molecular weight is 565 g/mol. The molecule has 3 rings (SSSR count). The minimum Gasteiger partial charge on any atom is -0.354 e. The quantitative estimate of drug-likeness (QED) is 0.351. The molecule has 0 fully saturated rings. The van der Waals surface area contributed by atoms with Gasteiger partial charge in [0.15, 0.2) is 0 Å². The normalized spacial score (nSPS) is 12.5. The van der Waals surface area contributed by atoms with Gasteiger partial charge in [-0.3, -0.25) is 9.59 Å². The highest BCUT2D eigenvalue weighted by molar-refractivity contribution is 7.89. The molecule has 0 bridgehead atoms. The van der Waals surface area contributed by atoms with Crippen LogP contribution in [0.2, 0.25) is 10.0 Å². The number of benzene rings is 3. The van der Waals surface area contributed by atoms with Crippen LogP contribution in [0.1, 0.15) is 32.3 Å². The molecule has 3 aromatic rings. The second-order valence-electron chi connectivity index (χ2n) is 8.74. The van der Waals surface area contributed by atoms with Crippen molar-refractivity contribution in [3.05, 3.63) is 76.3 Å². The first-order chi connectivity index (χ1) is 17.6. The summed E-state index contributed by atoms with van der Waals surface area (Å²) in [5.74, 6) is -0.820. The van der Waals surface area contributed by atoms with Crippen LogP contribution in [-0.4, -0.2) is 55.6 Å². The summed E-state index contributed by atoms with van der Waals surface area (Å²) in [4.78, 5) is 28.0. The lowest BCUT2D eigenvalue weighted by molar-refractivity contribution is -0.141. The van der Waals surface area contributed by atoms with Gasteiger partial charge in [0.25, 0.3) is 0 Å². The predicted molar refractivity (Wildman–Crippen MR) is 148 cm³/mol. The average Bonchev–Trinajstić information content (AvgIpc) is 2.88. The second-order valence-corrected chi connectivity index (χ2v) is 11.6. The zero-order chi connectivity index (χ0) is 27.2. The summed E-state index contributed by atoms with van der Waals surface area (Å²) in [5.41, 5.74) is 0.598. The molecule has 0 aliphatic carbocycles. The minimum absolute atomic E-state index is 0.0246. The number of hydrogen-bond acceptors (Lipinski definition) is 4. The molecule has 3 aromatic carbocycles. The molecule has 0 saturated carbocycles. The highest BCUT2D eigenvalue weighted by Gasteiger charge is 2.32.